The summed E-state index contributed by atoms with van der Waals surface area (Å²) in [5.74, 6) is 1.87. The molecular weight excluding hydrogens is 600 g/mol. The highest BCUT2D eigenvalue weighted by Crippen LogP contribution is 2.24. The highest BCUT2D eigenvalue weighted by Gasteiger charge is 2.07. The number of hydrogen-bond donors (Lipinski definition) is 0. The fourth-order valence-electron chi connectivity index (χ4n) is 3.67. The quantitative estimate of drug-likeness (QED) is 0.278. The summed E-state index contributed by atoms with van der Waals surface area (Å²) in [4.78, 5) is 11.5. The van der Waals surface area contributed by atoms with Gasteiger partial charge in [-0.25, -0.2) is 0 Å². The van der Waals surface area contributed by atoms with Crippen LogP contribution in [0.1, 0.15) is 5.56 Å². The van der Waals surface area contributed by atoms with Gasteiger partial charge in [0, 0.05) is 6.07 Å². The van der Waals surface area contributed by atoms with Crippen LogP contribution in [-0.4, -0.2) is 118 Å². The standard InChI is InChI=1S/C31H43ClO12/c32-24-31(33)44-25-26-21-29-23-30(22-26)43-20-16-39-12-8-35-6-10-37-14-18-41-28-2-1-27(3-4-28)40-17-13-36-9-5-34-7-11-38-15-19-42-29/h1-4,21-23H,5-20,24-25H2. The molecule has 2 aromatic carbocycles. The summed E-state index contributed by atoms with van der Waals surface area (Å²) >= 11 is 5.53. The van der Waals surface area contributed by atoms with Crippen molar-refractivity contribution in [3.05, 3.63) is 48.0 Å². The predicted molar refractivity (Wildman–Crippen MR) is 160 cm³/mol. The smallest absolute Gasteiger partial charge is 0.321 e. The lowest BCUT2D eigenvalue weighted by Gasteiger charge is -2.13. The van der Waals surface area contributed by atoms with E-state index in [4.69, 9.17) is 63.7 Å². The average Bonchev–Trinajstić information content (AvgIpc) is 3.04. The minimum Gasteiger partial charge on any atom is -0.491 e. The van der Waals surface area contributed by atoms with Crippen molar-refractivity contribution in [3.63, 3.8) is 0 Å². The Labute approximate surface area is 263 Å². The molecule has 0 unspecified atom stereocenters. The zero-order chi connectivity index (χ0) is 30.9. The van der Waals surface area contributed by atoms with E-state index >= 15 is 0 Å². The SMILES string of the molecule is O=C(CCl)OCc1cc2cc(c1)OCCOCCOCCOCCOc1ccc(cc1)OCCOCCOCCOCCO2. The molecule has 2 aromatic rings. The van der Waals surface area contributed by atoms with Crippen molar-refractivity contribution in [1.29, 1.82) is 0 Å². The van der Waals surface area contributed by atoms with Crippen LogP contribution in [-0.2, 0) is 44.6 Å². The van der Waals surface area contributed by atoms with Gasteiger partial charge >= 0.3 is 5.97 Å². The fourth-order valence-corrected chi connectivity index (χ4v) is 3.75. The third kappa shape index (κ3) is 16.9. The molecule has 44 heavy (non-hydrogen) atoms. The molecule has 0 aliphatic carbocycles. The highest BCUT2D eigenvalue weighted by molar-refractivity contribution is 6.26. The number of carbonyl (C=O) groups excluding carboxylic acids is 1. The first-order chi connectivity index (χ1) is 21.7. The van der Waals surface area contributed by atoms with Crippen LogP contribution in [0.15, 0.2) is 42.5 Å². The third-order valence-corrected chi connectivity index (χ3v) is 5.96. The second-order valence-electron chi connectivity index (χ2n) is 9.15. The molecule has 0 spiro atoms. The van der Waals surface area contributed by atoms with E-state index in [0.29, 0.717) is 123 Å². The Morgan fingerprint density at radius 1 is 0.500 bits per heavy atom. The molecule has 4 bridgehead atoms. The van der Waals surface area contributed by atoms with Gasteiger partial charge in [-0.2, -0.15) is 0 Å². The molecule has 0 N–H and O–H groups in total. The van der Waals surface area contributed by atoms with E-state index in [1.807, 2.05) is 24.3 Å². The third-order valence-electron chi connectivity index (χ3n) is 5.75. The number of fused-ring (bicyclic) bond motifs is 26. The zero-order valence-corrected chi connectivity index (χ0v) is 25.8. The summed E-state index contributed by atoms with van der Waals surface area (Å²) in [7, 11) is 0. The van der Waals surface area contributed by atoms with Gasteiger partial charge in [0.05, 0.1) is 79.3 Å². The van der Waals surface area contributed by atoms with Crippen LogP contribution >= 0.6 is 11.6 Å². The summed E-state index contributed by atoms with van der Waals surface area (Å²) in [6.07, 6.45) is 0. The topological polar surface area (TPSA) is 119 Å². The number of esters is 1. The maximum atomic E-state index is 11.5. The molecule has 246 valence electrons. The van der Waals surface area contributed by atoms with Gasteiger partial charge in [-0.1, -0.05) is 0 Å². The van der Waals surface area contributed by atoms with Crippen molar-refractivity contribution < 1.29 is 56.9 Å². The Morgan fingerprint density at radius 2 is 0.818 bits per heavy atom. The molecule has 2 heterocycles. The van der Waals surface area contributed by atoms with E-state index in [9.17, 15) is 4.79 Å². The Bertz CT molecular complexity index is 956. The largest absolute Gasteiger partial charge is 0.491 e. The number of halogens is 1. The summed E-state index contributed by atoms with van der Waals surface area (Å²) in [5, 5.41) is 0. The zero-order valence-electron chi connectivity index (χ0n) is 25.0. The van der Waals surface area contributed by atoms with E-state index in [0.717, 1.165) is 11.5 Å². The molecule has 12 nitrogen and oxygen atoms in total. The minimum absolute atomic E-state index is 0.0433. The first-order valence-electron chi connectivity index (χ1n) is 14.7. The molecule has 0 amide bonds. The van der Waals surface area contributed by atoms with Gasteiger partial charge in [-0.15, -0.1) is 11.6 Å². The van der Waals surface area contributed by atoms with Crippen molar-refractivity contribution in [2.75, 3.05) is 112 Å². The summed E-state index contributed by atoms with van der Waals surface area (Å²) in [6, 6.07) is 12.7. The molecular formula is C31H43ClO12. The van der Waals surface area contributed by atoms with E-state index in [2.05, 4.69) is 0 Å². The molecule has 0 saturated heterocycles. The Balaban J connectivity index is 1.42. The number of benzene rings is 2. The van der Waals surface area contributed by atoms with E-state index in [1.165, 1.54) is 0 Å². The van der Waals surface area contributed by atoms with Gasteiger partial charge in [-0.3, -0.25) is 4.79 Å². The van der Waals surface area contributed by atoms with Gasteiger partial charge in [0.15, 0.2) is 0 Å². The number of hydrogen-bond acceptors (Lipinski definition) is 12. The van der Waals surface area contributed by atoms with E-state index < -0.39 is 5.97 Å². The minimum atomic E-state index is -0.511. The van der Waals surface area contributed by atoms with Crippen LogP contribution in [0.4, 0.5) is 0 Å². The molecule has 0 aromatic heterocycles. The number of ether oxygens (including phenoxy) is 11. The molecule has 0 fully saturated rings. The summed E-state index contributed by atoms with van der Waals surface area (Å²) in [5.41, 5.74) is 0.702. The lowest BCUT2D eigenvalue weighted by Crippen LogP contribution is -2.14. The van der Waals surface area contributed by atoms with Gasteiger partial charge in [-0.05, 0) is 42.0 Å². The second-order valence-corrected chi connectivity index (χ2v) is 9.41. The van der Waals surface area contributed by atoms with Crippen molar-refractivity contribution >= 4 is 17.6 Å². The number of carbonyl (C=O) groups is 1. The van der Waals surface area contributed by atoms with Crippen molar-refractivity contribution in [3.8, 4) is 23.0 Å². The van der Waals surface area contributed by atoms with Crippen LogP contribution < -0.4 is 18.9 Å². The monoisotopic (exact) mass is 642 g/mol. The molecule has 0 radical (unpaired) electrons. The van der Waals surface area contributed by atoms with Crippen LogP contribution in [0.3, 0.4) is 0 Å². The van der Waals surface area contributed by atoms with Crippen LogP contribution in [0.2, 0.25) is 0 Å². The normalized spacial score (nSPS) is 18.0. The molecule has 0 saturated carbocycles. The predicted octanol–water partition coefficient (Wildman–Crippen LogP) is 3.30. The maximum Gasteiger partial charge on any atom is 0.321 e. The summed E-state index contributed by atoms with van der Waals surface area (Å²) in [6.45, 7) is 6.73. The molecule has 2 aliphatic rings. The first-order valence-corrected chi connectivity index (χ1v) is 15.2. The Morgan fingerprint density at radius 3 is 1.16 bits per heavy atom. The van der Waals surface area contributed by atoms with Gasteiger partial charge in [0.25, 0.3) is 0 Å². The van der Waals surface area contributed by atoms with Crippen molar-refractivity contribution in [2.24, 2.45) is 0 Å². The van der Waals surface area contributed by atoms with Crippen LogP contribution in [0, 0.1) is 0 Å². The van der Waals surface area contributed by atoms with Gasteiger partial charge in [0.2, 0.25) is 0 Å². The Hall–Kier alpha value is -2.84. The lowest BCUT2D eigenvalue weighted by atomic mass is 10.2. The van der Waals surface area contributed by atoms with Crippen molar-refractivity contribution in [1.82, 2.24) is 0 Å². The fraction of sp³-hybridized carbons (Fsp3) is 0.581. The van der Waals surface area contributed by atoms with E-state index in [1.54, 1.807) is 18.2 Å². The van der Waals surface area contributed by atoms with Crippen molar-refractivity contribution in [2.45, 2.75) is 6.61 Å². The lowest BCUT2D eigenvalue weighted by molar-refractivity contribution is -0.141. The average molecular weight is 643 g/mol. The van der Waals surface area contributed by atoms with E-state index in [-0.39, 0.29) is 12.5 Å². The van der Waals surface area contributed by atoms with Crippen LogP contribution in [0.5, 0.6) is 23.0 Å². The molecule has 13 heteroatoms. The number of rotatable bonds is 3. The highest BCUT2D eigenvalue weighted by atomic mass is 35.5. The van der Waals surface area contributed by atoms with Gasteiger partial charge < -0.3 is 52.1 Å². The Kier molecular flexibility index (Phi) is 19.1. The second kappa shape index (κ2) is 23.5. The maximum absolute atomic E-state index is 11.5. The molecule has 4 rings (SSSR count). The molecule has 2 aliphatic heterocycles. The van der Waals surface area contributed by atoms with Crippen LogP contribution in [0.25, 0.3) is 0 Å². The summed E-state index contributed by atoms with van der Waals surface area (Å²) < 4.78 is 61.6. The first kappa shape index (κ1) is 35.6. The molecule has 0 atom stereocenters. The van der Waals surface area contributed by atoms with Gasteiger partial charge in [0.1, 0.15) is 61.9 Å². The number of alkyl halides is 1.